The van der Waals surface area contributed by atoms with Crippen molar-refractivity contribution in [1.82, 2.24) is 0 Å². The van der Waals surface area contributed by atoms with Crippen molar-refractivity contribution in [3.8, 4) is 0 Å². The van der Waals surface area contributed by atoms with Gasteiger partial charge >= 0.3 is 0 Å². The highest BCUT2D eigenvalue weighted by atomic mass is 14.3. The molecule has 0 saturated heterocycles. The van der Waals surface area contributed by atoms with Crippen LogP contribution in [-0.2, 0) is 19.3 Å². The lowest BCUT2D eigenvalue weighted by molar-refractivity contribution is 0.654. The smallest absolute Gasteiger partial charge is 0.0190 e. The number of aryl methyl sites for hydroxylation is 1. The molecule has 3 aliphatic rings. The van der Waals surface area contributed by atoms with Crippen LogP contribution in [0.15, 0.2) is 17.7 Å². The highest BCUT2D eigenvalue weighted by Crippen LogP contribution is 2.42. The van der Waals surface area contributed by atoms with Gasteiger partial charge in [-0.2, -0.15) is 0 Å². The van der Waals surface area contributed by atoms with Gasteiger partial charge in [0, 0.05) is 0 Å². The molecule has 0 saturated carbocycles. The Morgan fingerprint density at radius 2 is 1.44 bits per heavy atom. The van der Waals surface area contributed by atoms with Crippen molar-refractivity contribution >= 4 is 5.57 Å². The standard InChI is InChI=1S/C18H22/c1-3-7-15-13(5-1)9-11-18-16-8-4-2-6-14(16)10-12-17(15)18/h9,11H,1-8,10,12H2. The number of benzene rings is 1. The molecule has 0 heteroatoms. The largest absolute Gasteiger partial charge is 0.0661 e. The van der Waals surface area contributed by atoms with Gasteiger partial charge < -0.3 is 0 Å². The Kier molecular flexibility index (Phi) is 2.57. The van der Waals surface area contributed by atoms with E-state index < -0.39 is 0 Å². The van der Waals surface area contributed by atoms with Crippen molar-refractivity contribution in [2.45, 2.75) is 64.2 Å². The fourth-order valence-corrected chi connectivity index (χ4v) is 4.32. The fraction of sp³-hybridized carbons (Fsp3) is 0.556. The molecule has 18 heavy (non-hydrogen) atoms. The van der Waals surface area contributed by atoms with Crippen molar-refractivity contribution in [3.05, 3.63) is 40.0 Å². The van der Waals surface area contributed by atoms with Gasteiger partial charge in [-0.3, -0.25) is 0 Å². The molecule has 0 atom stereocenters. The van der Waals surface area contributed by atoms with Crippen LogP contribution in [0.5, 0.6) is 0 Å². The molecule has 0 nitrogen and oxygen atoms in total. The van der Waals surface area contributed by atoms with Crippen LogP contribution in [0.4, 0.5) is 0 Å². The van der Waals surface area contributed by atoms with Crippen molar-refractivity contribution in [1.29, 1.82) is 0 Å². The SMILES string of the molecule is c1cc2c(c3c1CCCC3)CCC1=C2CCCC1. The third-order valence-corrected chi connectivity index (χ3v) is 5.24. The molecule has 1 aromatic rings. The van der Waals surface area contributed by atoms with Crippen molar-refractivity contribution in [2.24, 2.45) is 0 Å². The van der Waals surface area contributed by atoms with Crippen LogP contribution in [0.1, 0.15) is 67.2 Å². The fourth-order valence-electron chi connectivity index (χ4n) is 4.32. The Hall–Kier alpha value is -1.04. The predicted molar refractivity (Wildman–Crippen MR) is 76.8 cm³/mol. The number of fused-ring (bicyclic) bond motifs is 4. The topological polar surface area (TPSA) is 0 Å². The molecule has 0 aromatic heterocycles. The Balaban J connectivity index is 1.87. The summed E-state index contributed by atoms with van der Waals surface area (Å²) in [5.74, 6) is 0. The summed E-state index contributed by atoms with van der Waals surface area (Å²) >= 11 is 0. The van der Waals surface area contributed by atoms with E-state index in [-0.39, 0.29) is 0 Å². The minimum absolute atomic E-state index is 1.33. The molecule has 0 fully saturated rings. The zero-order valence-electron chi connectivity index (χ0n) is 11.2. The second-order valence-corrected chi connectivity index (χ2v) is 6.23. The average Bonchev–Trinajstić information content (AvgIpc) is 2.46. The first-order valence-electron chi connectivity index (χ1n) is 7.78. The molecule has 0 bridgehead atoms. The third-order valence-electron chi connectivity index (χ3n) is 5.24. The van der Waals surface area contributed by atoms with Crippen LogP contribution in [-0.4, -0.2) is 0 Å². The van der Waals surface area contributed by atoms with Crippen molar-refractivity contribution < 1.29 is 0 Å². The molecule has 1 aromatic carbocycles. The lowest BCUT2D eigenvalue weighted by Gasteiger charge is -2.31. The first kappa shape index (κ1) is 10.8. The summed E-state index contributed by atoms with van der Waals surface area (Å²) in [7, 11) is 0. The Bertz CT molecular complexity index is 519. The van der Waals surface area contributed by atoms with Crippen molar-refractivity contribution in [2.75, 3.05) is 0 Å². The summed E-state index contributed by atoms with van der Waals surface area (Å²) < 4.78 is 0. The summed E-state index contributed by atoms with van der Waals surface area (Å²) in [5.41, 5.74) is 10.3. The number of allylic oxidation sites excluding steroid dienone is 2. The Morgan fingerprint density at radius 1 is 0.611 bits per heavy atom. The van der Waals surface area contributed by atoms with E-state index in [1.54, 1.807) is 33.4 Å². The molecule has 4 rings (SSSR count). The van der Waals surface area contributed by atoms with E-state index in [1.165, 1.54) is 64.2 Å². The highest BCUT2D eigenvalue weighted by Gasteiger charge is 2.24. The first-order valence-corrected chi connectivity index (χ1v) is 7.78. The van der Waals surface area contributed by atoms with E-state index >= 15 is 0 Å². The number of hydrogen-bond acceptors (Lipinski definition) is 0. The summed E-state index contributed by atoms with van der Waals surface area (Å²) in [6.07, 6.45) is 13.8. The maximum Gasteiger partial charge on any atom is -0.0190 e. The van der Waals surface area contributed by atoms with E-state index in [2.05, 4.69) is 12.1 Å². The van der Waals surface area contributed by atoms with Crippen LogP contribution in [0.25, 0.3) is 5.57 Å². The minimum atomic E-state index is 1.33. The van der Waals surface area contributed by atoms with Gasteiger partial charge in [-0.1, -0.05) is 17.7 Å². The summed E-state index contributed by atoms with van der Waals surface area (Å²) in [6, 6.07) is 4.90. The van der Waals surface area contributed by atoms with E-state index in [0.29, 0.717) is 0 Å². The lowest BCUT2D eigenvalue weighted by Crippen LogP contribution is -2.14. The van der Waals surface area contributed by atoms with Gasteiger partial charge in [0.2, 0.25) is 0 Å². The van der Waals surface area contributed by atoms with E-state index in [1.807, 2.05) is 0 Å². The summed E-state index contributed by atoms with van der Waals surface area (Å²) in [6.45, 7) is 0. The maximum atomic E-state index is 2.46. The highest BCUT2D eigenvalue weighted by molar-refractivity contribution is 5.75. The van der Waals surface area contributed by atoms with Crippen molar-refractivity contribution in [3.63, 3.8) is 0 Å². The molecular formula is C18H22. The molecule has 0 spiro atoms. The monoisotopic (exact) mass is 238 g/mol. The molecule has 0 unspecified atom stereocenters. The van der Waals surface area contributed by atoms with Gasteiger partial charge in [-0.05, 0) is 92.0 Å². The third kappa shape index (κ3) is 1.58. The molecule has 0 radical (unpaired) electrons. The zero-order valence-corrected chi connectivity index (χ0v) is 11.2. The molecule has 3 aliphatic carbocycles. The molecule has 0 aliphatic heterocycles. The van der Waals surface area contributed by atoms with Crippen LogP contribution < -0.4 is 0 Å². The molecular weight excluding hydrogens is 216 g/mol. The Morgan fingerprint density at radius 3 is 2.44 bits per heavy atom. The Labute approximate surface area is 110 Å². The predicted octanol–water partition coefficient (Wildman–Crippen LogP) is 4.84. The molecule has 0 amide bonds. The van der Waals surface area contributed by atoms with Gasteiger partial charge in [0.15, 0.2) is 0 Å². The van der Waals surface area contributed by atoms with Gasteiger partial charge in [0.25, 0.3) is 0 Å². The molecule has 0 heterocycles. The van der Waals surface area contributed by atoms with E-state index in [9.17, 15) is 0 Å². The zero-order chi connectivity index (χ0) is 11.9. The summed E-state index contributed by atoms with van der Waals surface area (Å²) in [4.78, 5) is 0. The minimum Gasteiger partial charge on any atom is -0.0661 e. The quantitative estimate of drug-likeness (QED) is 0.606. The molecule has 94 valence electrons. The van der Waals surface area contributed by atoms with Gasteiger partial charge in [0.05, 0.1) is 0 Å². The van der Waals surface area contributed by atoms with Gasteiger partial charge in [0.1, 0.15) is 0 Å². The van der Waals surface area contributed by atoms with Crippen LogP contribution in [0.3, 0.4) is 0 Å². The second kappa shape index (κ2) is 4.26. The van der Waals surface area contributed by atoms with Gasteiger partial charge in [-0.25, -0.2) is 0 Å². The summed E-state index contributed by atoms with van der Waals surface area (Å²) in [5, 5.41) is 0. The van der Waals surface area contributed by atoms with E-state index in [4.69, 9.17) is 0 Å². The van der Waals surface area contributed by atoms with Crippen LogP contribution >= 0.6 is 0 Å². The van der Waals surface area contributed by atoms with Crippen LogP contribution in [0.2, 0.25) is 0 Å². The normalized spacial score (nSPS) is 22.2. The van der Waals surface area contributed by atoms with Gasteiger partial charge in [-0.15, -0.1) is 0 Å². The number of hydrogen-bond donors (Lipinski definition) is 0. The van der Waals surface area contributed by atoms with Crippen LogP contribution in [0, 0.1) is 0 Å². The lowest BCUT2D eigenvalue weighted by atomic mass is 9.74. The maximum absolute atomic E-state index is 2.46. The molecule has 0 N–H and O–H groups in total. The number of rotatable bonds is 0. The average molecular weight is 238 g/mol. The first-order chi connectivity index (χ1) is 8.93. The second-order valence-electron chi connectivity index (χ2n) is 6.23. The van der Waals surface area contributed by atoms with E-state index in [0.717, 1.165) is 0 Å².